The summed E-state index contributed by atoms with van der Waals surface area (Å²) in [5.74, 6) is 2.16. The van der Waals surface area contributed by atoms with Gasteiger partial charge in [0.25, 0.3) is 0 Å². The molecule has 1 aromatic carbocycles. The summed E-state index contributed by atoms with van der Waals surface area (Å²) in [6.45, 7) is 5.36. The highest BCUT2D eigenvalue weighted by molar-refractivity contribution is 5.47. The molecule has 1 aromatic rings. The average Bonchev–Trinajstić information content (AvgIpc) is 2.29. The van der Waals surface area contributed by atoms with E-state index in [4.69, 9.17) is 15.2 Å². The maximum absolute atomic E-state index is 5.91. The first kappa shape index (κ1) is 11.3. The van der Waals surface area contributed by atoms with Crippen LogP contribution < -0.4 is 15.2 Å². The molecule has 0 bridgehead atoms. The van der Waals surface area contributed by atoms with Gasteiger partial charge >= 0.3 is 0 Å². The number of nitrogens with two attached hydrogens (primary N) is 1. The van der Waals surface area contributed by atoms with Crippen LogP contribution in [0.4, 0.5) is 0 Å². The highest BCUT2D eigenvalue weighted by Crippen LogP contribution is 2.36. The predicted molar refractivity (Wildman–Crippen MR) is 63.9 cm³/mol. The van der Waals surface area contributed by atoms with Crippen molar-refractivity contribution in [1.82, 2.24) is 0 Å². The van der Waals surface area contributed by atoms with Gasteiger partial charge in [0, 0.05) is 12.0 Å². The quantitative estimate of drug-likeness (QED) is 0.849. The third-order valence-corrected chi connectivity index (χ3v) is 3.03. The monoisotopic (exact) mass is 221 g/mol. The van der Waals surface area contributed by atoms with E-state index in [1.807, 2.05) is 26.0 Å². The van der Waals surface area contributed by atoms with Crippen molar-refractivity contribution in [2.75, 3.05) is 13.2 Å². The lowest BCUT2D eigenvalue weighted by molar-refractivity contribution is 0.192. The smallest absolute Gasteiger partial charge is 0.164 e. The van der Waals surface area contributed by atoms with Gasteiger partial charge in [-0.2, -0.15) is 0 Å². The van der Waals surface area contributed by atoms with Crippen LogP contribution in [0, 0.1) is 5.92 Å². The Hall–Kier alpha value is -1.22. The Labute approximate surface area is 96.5 Å². The minimum atomic E-state index is 0.170. The molecule has 0 aliphatic carbocycles. The summed E-state index contributed by atoms with van der Waals surface area (Å²) >= 11 is 0. The summed E-state index contributed by atoms with van der Waals surface area (Å²) in [4.78, 5) is 0. The Kier molecular flexibility index (Phi) is 3.34. The maximum atomic E-state index is 5.91. The molecule has 0 amide bonds. The predicted octanol–water partition coefficient (Wildman–Crippen LogP) is 1.98. The number of fused-ring (bicyclic) bond motifs is 1. The van der Waals surface area contributed by atoms with E-state index in [-0.39, 0.29) is 6.04 Å². The molecule has 2 rings (SSSR count). The Bertz CT molecular complexity index is 363. The topological polar surface area (TPSA) is 44.5 Å². The van der Waals surface area contributed by atoms with Crippen molar-refractivity contribution >= 4 is 0 Å². The zero-order valence-corrected chi connectivity index (χ0v) is 9.90. The summed E-state index contributed by atoms with van der Waals surface area (Å²) < 4.78 is 11.3. The number of hydrogen-bond acceptors (Lipinski definition) is 3. The number of rotatable bonds is 3. The van der Waals surface area contributed by atoms with Crippen LogP contribution in [-0.4, -0.2) is 19.3 Å². The largest absolute Gasteiger partial charge is 0.490 e. The van der Waals surface area contributed by atoms with Gasteiger partial charge in [-0.3, -0.25) is 0 Å². The second kappa shape index (κ2) is 4.74. The molecule has 0 saturated heterocycles. The van der Waals surface area contributed by atoms with Crippen LogP contribution in [0.15, 0.2) is 18.2 Å². The second-order valence-electron chi connectivity index (χ2n) is 4.31. The molecule has 3 heteroatoms. The van der Waals surface area contributed by atoms with Crippen LogP contribution in [0.1, 0.15) is 19.4 Å². The number of hydrogen-bond donors (Lipinski definition) is 1. The van der Waals surface area contributed by atoms with E-state index in [9.17, 15) is 0 Å². The molecule has 2 atom stereocenters. The van der Waals surface area contributed by atoms with Crippen molar-refractivity contribution in [1.29, 1.82) is 0 Å². The van der Waals surface area contributed by atoms with Gasteiger partial charge in [0.2, 0.25) is 0 Å². The van der Waals surface area contributed by atoms with E-state index >= 15 is 0 Å². The van der Waals surface area contributed by atoms with E-state index in [0.29, 0.717) is 19.1 Å². The summed E-state index contributed by atoms with van der Waals surface area (Å²) in [7, 11) is 0. The Morgan fingerprint density at radius 3 is 3.06 bits per heavy atom. The number of para-hydroxylation sites is 1. The Morgan fingerprint density at radius 2 is 2.38 bits per heavy atom. The first-order valence-electron chi connectivity index (χ1n) is 5.85. The molecule has 3 nitrogen and oxygen atoms in total. The fourth-order valence-corrected chi connectivity index (χ4v) is 2.02. The lowest BCUT2D eigenvalue weighted by Crippen LogP contribution is -2.35. The minimum Gasteiger partial charge on any atom is -0.490 e. The van der Waals surface area contributed by atoms with Crippen LogP contribution in [-0.2, 0) is 6.42 Å². The van der Waals surface area contributed by atoms with E-state index in [0.717, 1.165) is 17.9 Å². The summed E-state index contributed by atoms with van der Waals surface area (Å²) in [6.07, 6.45) is 0.980. The fraction of sp³-hybridized carbons (Fsp3) is 0.538. The first-order valence-corrected chi connectivity index (χ1v) is 5.85. The van der Waals surface area contributed by atoms with Gasteiger partial charge in [-0.25, -0.2) is 0 Å². The van der Waals surface area contributed by atoms with Gasteiger partial charge in [0.15, 0.2) is 11.5 Å². The number of ether oxygens (including phenoxy) is 2. The van der Waals surface area contributed by atoms with Crippen LogP contribution in [0.2, 0.25) is 0 Å². The summed E-state index contributed by atoms with van der Waals surface area (Å²) in [6, 6.07) is 6.22. The van der Waals surface area contributed by atoms with Gasteiger partial charge in [-0.1, -0.05) is 12.1 Å². The van der Waals surface area contributed by atoms with Crippen molar-refractivity contribution in [3.8, 4) is 11.5 Å². The number of benzene rings is 1. The van der Waals surface area contributed by atoms with Crippen molar-refractivity contribution in [2.45, 2.75) is 26.3 Å². The molecule has 1 heterocycles. The molecule has 2 N–H and O–H groups in total. The SMILES string of the molecule is CCOc1cccc2c1OCC(C(C)N)C2. The lowest BCUT2D eigenvalue weighted by atomic mass is 9.91. The standard InChI is InChI=1S/C13H19NO2/c1-3-15-12-6-4-5-10-7-11(9(2)14)8-16-13(10)12/h4-6,9,11H,3,7-8,14H2,1-2H3. The lowest BCUT2D eigenvalue weighted by Gasteiger charge is -2.28. The molecular formula is C13H19NO2. The molecule has 16 heavy (non-hydrogen) atoms. The third-order valence-electron chi connectivity index (χ3n) is 3.03. The molecular weight excluding hydrogens is 202 g/mol. The summed E-state index contributed by atoms with van der Waals surface area (Å²) in [5.41, 5.74) is 7.12. The Morgan fingerprint density at radius 1 is 1.56 bits per heavy atom. The van der Waals surface area contributed by atoms with Crippen molar-refractivity contribution in [3.05, 3.63) is 23.8 Å². The van der Waals surface area contributed by atoms with Crippen molar-refractivity contribution in [2.24, 2.45) is 11.7 Å². The summed E-state index contributed by atoms with van der Waals surface area (Å²) in [5, 5.41) is 0. The Balaban J connectivity index is 2.23. The van der Waals surface area contributed by atoms with Gasteiger partial charge in [0.05, 0.1) is 13.2 Å². The van der Waals surface area contributed by atoms with Crippen LogP contribution in [0.3, 0.4) is 0 Å². The normalized spacial score (nSPS) is 20.8. The van der Waals surface area contributed by atoms with Gasteiger partial charge < -0.3 is 15.2 Å². The maximum Gasteiger partial charge on any atom is 0.164 e. The van der Waals surface area contributed by atoms with Crippen LogP contribution in [0.25, 0.3) is 0 Å². The molecule has 0 aromatic heterocycles. The zero-order chi connectivity index (χ0) is 11.5. The average molecular weight is 221 g/mol. The van der Waals surface area contributed by atoms with E-state index in [1.54, 1.807) is 0 Å². The van der Waals surface area contributed by atoms with Gasteiger partial charge in [-0.05, 0) is 31.9 Å². The molecule has 1 aliphatic rings. The highest BCUT2D eigenvalue weighted by Gasteiger charge is 2.24. The van der Waals surface area contributed by atoms with Crippen molar-refractivity contribution in [3.63, 3.8) is 0 Å². The molecule has 1 aliphatic heterocycles. The molecule has 0 fully saturated rings. The van der Waals surface area contributed by atoms with E-state index in [1.165, 1.54) is 5.56 Å². The zero-order valence-electron chi connectivity index (χ0n) is 9.90. The van der Waals surface area contributed by atoms with E-state index in [2.05, 4.69) is 6.07 Å². The van der Waals surface area contributed by atoms with Crippen LogP contribution >= 0.6 is 0 Å². The van der Waals surface area contributed by atoms with E-state index < -0.39 is 0 Å². The van der Waals surface area contributed by atoms with Crippen LogP contribution in [0.5, 0.6) is 11.5 Å². The first-order chi connectivity index (χ1) is 7.72. The molecule has 2 unspecified atom stereocenters. The van der Waals surface area contributed by atoms with Crippen molar-refractivity contribution < 1.29 is 9.47 Å². The minimum absolute atomic E-state index is 0.170. The fourth-order valence-electron chi connectivity index (χ4n) is 2.02. The molecule has 0 spiro atoms. The molecule has 0 radical (unpaired) electrons. The van der Waals surface area contributed by atoms with Gasteiger partial charge in [0.1, 0.15) is 0 Å². The van der Waals surface area contributed by atoms with Gasteiger partial charge in [-0.15, -0.1) is 0 Å². The molecule has 0 saturated carbocycles. The highest BCUT2D eigenvalue weighted by atomic mass is 16.5. The molecule has 88 valence electrons. The second-order valence-corrected chi connectivity index (χ2v) is 4.31. The third kappa shape index (κ3) is 2.14.